The van der Waals surface area contributed by atoms with Crippen molar-refractivity contribution in [3.63, 3.8) is 0 Å². The number of nitrogens with zero attached hydrogens (tertiary/aromatic N) is 3. The first-order chi connectivity index (χ1) is 5.33. The van der Waals surface area contributed by atoms with Crippen LogP contribution in [0.2, 0.25) is 0 Å². The molecule has 0 spiro atoms. The maximum absolute atomic E-state index is 9.19. The second kappa shape index (κ2) is 3.74. The molecule has 0 aromatic carbocycles. The van der Waals surface area contributed by atoms with Crippen LogP contribution in [0.3, 0.4) is 0 Å². The summed E-state index contributed by atoms with van der Waals surface area (Å²) < 4.78 is 1.54. The van der Waals surface area contributed by atoms with E-state index in [4.69, 9.17) is 6.42 Å². The van der Waals surface area contributed by atoms with Crippen molar-refractivity contribution < 1.29 is 5.11 Å². The highest BCUT2D eigenvalue weighted by Crippen LogP contribution is 1.92. The van der Waals surface area contributed by atoms with E-state index in [2.05, 4.69) is 16.0 Å². The van der Waals surface area contributed by atoms with Crippen LogP contribution in [0.5, 0.6) is 0 Å². The topological polar surface area (TPSA) is 50.9 Å². The number of hydrogen-bond acceptors (Lipinski definition) is 3. The zero-order valence-electron chi connectivity index (χ0n) is 6.01. The second-order valence-electron chi connectivity index (χ2n) is 2.18. The summed E-state index contributed by atoms with van der Waals surface area (Å²) in [4.78, 5) is 3.72. The van der Waals surface area contributed by atoms with Gasteiger partial charge in [-0.3, -0.25) is 4.68 Å². The van der Waals surface area contributed by atoms with Crippen LogP contribution in [-0.2, 0) is 6.54 Å². The number of aliphatic hydroxyl groups is 1. The molecule has 1 rings (SSSR count). The van der Waals surface area contributed by atoms with Gasteiger partial charge in [-0.15, -0.1) is 12.3 Å². The standard InChI is InChI=1S/C7H9N3O/c1-2-3-7(11)4-10-6-8-5-9-10/h1,5-7,11H,3-4H2. The van der Waals surface area contributed by atoms with Crippen molar-refractivity contribution in [3.8, 4) is 12.3 Å². The Morgan fingerprint density at radius 3 is 3.09 bits per heavy atom. The first-order valence-electron chi connectivity index (χ1n) is 3.27. The molecule has 0 radical (unpaired) electrons. The lowest BCUT2D eigenvalue weighted by molar-refractivity contribution is 0.154. The van der Waals surface area contributed by atoms with Crippen molar-refractivity contribution in [1.82, 2.24) is 14.8 Å². The third-order valence-corrected chi connectivity index (χ3v) is 1.22. The molecule has 0 saturated heterocycles. The molecule has 58 valence electrons. The summed E-state index contributed by atoms with van der Waals surface area (Å²) in [6, 6.07) is 0. The van der Waals surface area contributed by atoms with Gasteiger partial charge in [0.1, 0.15) is 12.7 Å². The second-order valence-corrected chi connectivity index (χ2v) is 2.18. The van der Waals surface area contributed by atoms with Crippen LogP contribution in [0.15, 0.2) is 12.7 Å². The Bertz CT molecular complexity index is 237. The molecule has 4 heteroatoms. The van der Waals surface area contributed by atoms with Crippen molar-refractivity contribution in [2.24, 2.45) is 0 Å². The lowest BCUT2D eigenvalue weighted by atomic mass is 10.3. The van der Waals surface area contributed by atoms with E-state index in [0.29, 0.717) is 13.0 Å². The molecule has 0 bridgehead atoms. The molecule has 1 unspecified atom stereocenters. The van der Waals surface area contributed by atoms with Crippen LogP contribution in [0.25, 0.3) is 0 Å². The fourth-order valence-corrected chi connectivity index (χ4v) is 0.744. The minimum Gasteiger partial charge on any atom is -0.390 e. The number of hydrogen-bond donors (Lipinski definition) is 1. The Kier molecular flexibility index (Phi) is 2.64. The van der Waals surface area contributed by atoms with Gasteiger partial charge in [0.2, 0.25) is 0 Å². The number of rotatable bonds is 3. The van der Waals surface area contributed by atoms with Gasteiger partial charge >= 0.3 is 0 Å². The zero-order valence-corrected chi connectivity index (χ0v) is 6.01. The third-order valence-electron chi connectivity index (χ3n) is 1.22. The van der Waals surface area contributed by atoms with E-state index in [1.54, 1.807) is 11.0 Å². The molecule has 11 heavy (non-hydrogen) atoms. The van der Waals surface area contributed by atoms with Crippen LogP contribution in [-0.4, -0.2) is 26.0 Å². The van der Waals surface area contributed by atoms with Crippen molar-refractivity contribution in [2.45, 2.75) is 19.1 Å². The highest BCUT2D eigenvalue weighted by Gasteiger charge is 2.02. The number of aromatic nitrogens is 3. The van der Waals surface area contributed by atoms with E-state index in [1.807, 2.05) is 0 Å². The van der Waals surface area contributed by atoms with Gasteiger partial charge in [-0.2, -0.15) is 5.10 Å². The number of terminal acetylenes is 1. The Morgan fingerprint density at radius 2 is 2.55 bits per heavy atom. The quantitative estimate of drug-likeness (QED) is 0.601. The predicted molar refractivity (Wildman–Crippen MR) is 39.5 cm³/mol. The van der Waals surface area contributed by atoms with Gasteiger partial charge in [0.25, 0.3) is 0 Å². The summed E-state index contributed by atoms with van der Waals surface area (Å²) in [5.74, 6) is 2.37. The van der Waals surface area contributed by atoms with Gasteiger partial charge in [0.05, 0.1) is 12.6 Å². The summed E-state index contributed by atoms with van der Waals surface area (Å²) in [7, 11) is 0. The molecule has 0 fully saturated rings. The smallest absolute Gasteiger partial charge is 0.137 e. The van der Waals surface area contributed by atoms with Crippen LogP contribution in [0.4, 0.5) is 0 Å². The van der Waals surface area contributed by atoms with Crippen LogP contribution < -0.4 is 0 Å². The summed E-state index contributed by atoms with van der Waals surface area (Å²) in [6.07, 6.45) is 7.78. The normalized spacial score (nSPS) is 12.4. The average Bonchev–Trinajstić information content (AvgIpc) is 2.40. The monoisotopic (exact) mass is 151 g/mol. The highest BCUT2D eigenvalue weighted by molar-refractivity contribution is 4.86. The molecule has 0 aliphatic heterocycles. The first kappa shape index (κ1) is 7.76. The van der Waals surface area contributed by atoms with E-state index in [9.17, 15) is 5.11 Å². The SMILES string of the molecule is C#CCC(O)Cn1cncn1. The highest BCUT2D eigenvalue weighted by atomic mass is 16.3. The van der Waals surface area contributed by atoms with E-state index in [-0.39, 0.29) is 0 Å². The van der Waals surface area contributed by atoms with E-state index >= 15 is 0 Å². The van der Waals surface area contributed by atoms with Crippen LogP contribution >= 0.6 is 0 Å². The number of aliphatic hydroxyl groups excluding tert-OH is 1. The fourth-order valence-electron chi connectivity index (χ4n) is 0.744. The zero-order chi connectivity index (χ0) is 8.10. The van der Waals surface area contributed by atoms with Crippen molar-refractivity contribution in [2.75, 3.05) is 0 Å². The minimum atomic E-state index is -0.526. The first-order valence-corrected chi connectivity index (χ1v) is 3.27. The van der Waals surface area contributed by atoms with Gasteiger partial charge in [-0.05, 0) is 0 Å². The molecule has 4 nitrogen and oxygen atoms in total. The molecule has 0 aliphatic carbocycles. The van der Waals surface area contributed by atoms with Gasteiger partial charge in [0, 0.05) is 6.42 Å². The molecular weight excluding hydrogens is 142 g/mol. The fraction of sp³-hybridized carbons (Fsp3) is 0.429. The summed E-state index contributed by atoms with van der Waals surface area (Å²) in [6.45, 7) is 0.407. The maximum Gasteiger partial charge on any atom is 0.137 e. The largest absolute Gasteiger partial charge is 0.390 e. The average molecular weight is 151 g/mol. The van der Waals surface area contributed by atoms with Crippen LogP contribution in [0.1, 0.15) is 6.42 Å². The predicted octanol–water partition coefficient (Wildman–Crippen LogP) is -0.338. The van der Waals surface area contributed by atoms with Crippen molar-refractivity contribution in [1.29, 1.82) is 0 Å². The third kappa shape index (κ3) is 2.40. The molecule has 1 aromatic rings. The lowest BCUT2D eigenvalue weighted by Crippen LogP contribution is -2.15. The molecule has 1 aromatic heterocycles. The van der Waals surface area contributed by atoms with Gasteiger partial charge in [0.15, 0.2) is 0 Å². The molecule has 0 aliphatic rings. The van der Waals surface area contributed by atoms with E-state index in [1.165, 1.54) is 6.33 Å². The Labute approximate surface area is 64.9 Å². The summed E-state index contributed by atoms with van der Waals surface area (Å²) in [5.41, 5.74) is 0. The molecule has 1 N–H and O–H groups in total. The Hall–Kier alpha value is -1.34. The Morgan fingerprint density at radius 1 is 1.73 bits per heavy atom. The van der Waals surface area contributed by atoms with Gasteiger partial charge in [-0.1, -0.05) is 0 Å². The molecule has 0 amide bonds. The minimum absolute atomic E-state index is 0.347. The van der Waals surface area contributed by atoms with Crippen molar-refractivity contribution >= 4 is 0 Å². The maximum atomic E-state index is 9.19. The van der Waals surface area contributed by atoms with E-state index < -0.39 is 6.10 Å². The molecule has 0 saturated carbocycles. The Balaban J connectivity index is 2.38. The van der Waals surface area contributed by atoms with Crippen LogP contribution in [0, 0.1) is 12.3 Å². The van der Waals surface area contributed by atoms with Gasteiger partial charge < -0.3 is 5.11 Å². The van der Waals surface area contributed by atoms with Crippen molar-refractivity contribution in [3.05, 3.63) is 12.7 Å². The lowest BCUT2D eigenvalue weighted by Gasteiger charge is -2.04. The molecular formula is C7H9N3O. The van der Waals surface area contributed by atoms with Gasteiger partial charge in [-0.25, -0.2) is 4.98 Å². The summed E-state index contributed by atoms with van der Waals surface area (Å²) >= 11 is 0. The molecule has 1 atom stereocenters. The summed E-state index contributed by atoms with van der Waals surface area (Å²) in [5, 5.41) is 13.0. The molecule has 1 heterocycles. The van der Waals surface area contributed by atoms with E-state index in [0.717, 1.165) is 0 Å².